The summed E-state index contributed by atoms with van der Waals surface area (Å²) < 4.78 is 18.9. The molecule has 0 spiro atoms. The van der Waals surface area contributed by atoms with Crippen molar-refractivity contribution in [2.75, 3.05) is 24.2 Å². The van der Waals surface area contributed by atoms with Crippen LogP contribution in [-0.2, 0) is 0 Å². The molecule has 1 aromatic rings. The van der Waals surface area contributed by atoms with Gasteiger partial charge in [-0.25, -0.2) is 4.39 Å². The van der Waals surface area contributed by atoms with Gasteiger partial charge in [0.15, 0.2) is 11.6 Å². The van der Waals surface area contributed by atoms with Crippen LogP contribution in [0, 0.1) is 11.2 Å². The number of rotatable bonds is 5. The Labute approximate surface area is 120 Å². The molecule has 0 amide bonds. The predicted molar refractivity (Wildman–Crippen MR) is 81.7 cm³/mol. The summed E-state index contributed by atoms with van der Waals surface area (Å²) in [4.78, 5) is 0. The third-order valence-electron chi connectivity index (χ3n) is 4.17. The highest BCUT2D eigenvalue weighted by Gasteiger charge is 2.26. The molecule has 1 aromatic carbocycles. The van der Waals surface area contributed by atoms with Crippen LogP contribution < -0.4 is 15.8 Å². The lowest BCUT2D eigenvalue weighted by Gasteiger charge is -2.34. The van der Waals surface area contributed by atoms with E-state index >= 15 is 0 Å². The number of ether oxygens (including phenoxy) is 1. The summed E-state index contributed by atoms with van der Waals surface area (Å²) in [5, 5.41) is 3.38. The van der Waals surface area contributed by atoms with Crippen molar-refractivity contribution in [2.24, 2.45) is 5.41 Å². The van der Waals surface area contributed by atoms with Gasteiger partial charge in [-0.2, -0.15) is 0 Å². The van der Waals surface area contributed by atoms with Crippen molar-refractivity contribution in [1.29, 1.82) is 0 Å². The Morgan fingerprint density at radius 2 is 2.00 bits per heavy atom. The van der Waals surface area contributed by atoms with E-state index < -0.39 is 5.82 Å². The van der Waals surface area contributed by atoms with Gasteiger partial charge in [0.1, 0.15) is 0 Å². The summed E-state index contributed by atoms with van der Waals surface area (Å²) in [5.41, 5.74) is 7.40. The van der Waals surface area contributed by atoms with Gasteiger partial charge in [0.2, 0.25) is 0 Å². The predicted octanol–water partition coefficient (Wildman–Crippen LogP) is 4.19. The Morgan fingerprint density at radius 3 is 2.65 bits per heavy atom. The van der Waals surface area contributed by atoms with Gasteiger partial charge in [-0.3, -0.25) is 0 Å². The summed E-state index contributed by atoms with van der Waals surface area (Å²) in [7, 11) is 0. The molecule has 0 heterocycles. The van der Waals surface area contributed by atoms with Crippen LogP contribution in [0.25, 0.3) is 0 Å². The van der Waals surface area contributed by atoms with Gasteiger partial charge >= 0.3 is 0 Å². The molecule has 0 aromatic heterocycles. The molecular weight excluding hydrogens is 255 g/mol. The maximum atomic E-state index is 13.7. The van der Waals surface area contributed by atoms with Gasteiger partial charge in [-0.05, 0) is 25.2 Å². The van der Waals surface area contributed by atoms with Crippen LogP contribution >= 0.6 is 0 Å². The summed E-state index contributed by atoms with van der Waals surface area (Å²) in [5.74, 6) is -0.142. The summed E-state index contributed by atoms with van der Waals surface area (Å²) in [6.45, 7) is 5.46. The first-order chi connectivity index (χ1) is 9.54. The van der Waals surface area contributed by atoms with Crippen LogP contribution in [0.2, 0.25) is 0 Å². The van der Waals surface area contributed by atoms with E-state index in [-0.39, 0.29) is 5.75 Å². The average Bonchev–Trinajstić information content (AvgIpc) is 2.41. The van der Waals surface area contributed by atoms with Crippen LogP contribution in [0.3, 0.4) is 0 Å². The largest absolute Gasteiger partial charge is 0.491 e. The molecule has 3 N–H and O–H groups in total. The minimum absolute atomic E-state index is 0.262. The quantitative estimate of drug-likeness (QED) is 0.795. The van der Waals surface area contributed by atoms with E-state index in [1.807, 2.05) is 6.92 Å². The van der Waals surface area contributed by atoms with Gasteiger partial charge in [-0.1, -0.05) is 26.2 Å². The lowest BCUT2D eigenvalue weighted by Crippen LogP contribution is -2.29. The van der Waals surface area contributed by atoms with Crippen LogP contribution in [0.5, 0.6) is 5.75 Å². The highest BCUT2D eigenvalue weighted by Crippen LogP contribution is 2.37. The first-order valence-corrected chi connectivity index (χ1v) is 7.50. The molecule has 4 heteroatoms. The monoisotopic (exact) mass is 280 g/mol. The van der Waals surface area contributed by atoms with Gasteiger partial charge in [0.25, 0.3) is 0 Å². The minimum Gasteiger partial charge on any atom is -0.491 e. The zero-order valence-corrected chi connectivity index (χ0v) is 12.5. The Bertz CT molecular complexity index is 456. The summed E-state index contributed by atoms with van der Waals surface area (Å²) >= 11 is 0. The SMILES string of the molecule is CCOc1cc(NCC2(C)CCCCC2)c(N)cc1F. The van der Waals surface area contributed by atoms with E-state index in [2.05, 4.69) is 12.2 Å². The second-order valence-corrected chi connectivity index (χ2v) is 6.03. The van der Waals surface area contributed by atoms with E-state index in [0.717, 1.165) is 12.2 Å². The Kier molecular flexibility index (Phi) is 4.73. The first-order valence-electron chi connectivity index (χ1n) is 7.50. The number of hydrogen-bond donors (Lipinski definition) is 2. The van der Waals surface area contributed by atoms with Gasteiger partial charge in [0.05, 0.1) is 18.0 Å². The van der Waals surface area contributed by atoms with Crippen LogP contribution in [0.15, 0.2) is 12.1 Å². The molecule has 0 radical (unpaired) electrons. The van der Waals surface area contributed by atoms with Crippen molar-refractivity contribution in [1.82, 2.24) is 0 Å². The van der Waals surface area contributed by atoms with E-state index in [0.29, 0.717) is 17.7 Å². The van der Waals surface area contributed by atoms with Gasteiger partial charge < -0.3 is 15.8 Å². The van der Waals surface area contributed by atoms with E-state index in [9.17, 15) is 4.39 Å². The molecule has 0 atom stereocenters. The number of anilines is 2. The molecule has 1 aliphatic rings. The second-order valence-electron chi connectivity index (χ2n) is 6.03. The normalized spacial score (nSPS) is 17.8. The zero-order valence-electron chi connectivity index (χ0n) is 12.5. The van der Waals surface area contributed by atoms with Crippen LogP contribution in [-0.4, -0.2) is 13.2 Å². The number of hydrogen-bond acceptors (Lipinski definition) is 3. The molecule has 20 heavy (non-hydrogen) atoms. The Hall–Kier alpha value is -1.45. The summed E-state index contributed by atoms with van der Waals surface area (Å²) in [6, 6.07) is 3.00. The number of nitrogen functional groups attached to an aromatic ring is 1. The molecular formula is C16H25FN2O. The molecule has 0 bridgehead atoms. The molecule has 0 unspecified atom stereocenters. The Morgan fingerprint density at radius 1 is 1.30 bits per heavy atom. The molecule has 0 aliphatic heterocycles. The van der Waals surface area contributed by atoms with Crippen molar-refractivity contribution in [3.63, 3.8) is 0 Å². The van der Waals surface area contributed by atoms with Gasteiger partial charge in [-0.15, -0.1) is 0 Å². The molecule has 112 valence electrons. The fourth-order valence-electron chi connectivity index (χ4n) is 2.88. The maximum Gasteiger partial charge on any atom is 0.167 e. The Balaban J connectivity index is 2.06. The third kappa shape index (κ3) is 3.56. The molecule has 1 aliphatic carbocycles. The average molecular weight is 280 g/mol. The van der Waals surface area contributed by atoms with Crippen molar-refractivity contribution in [2.45, 2.75) is 46.0 Å². The van der Waals surface area contributed by atoms with Crippen molar-refractivity contribution in [3.05, 3.63) is 17.9 Å². The highest BCUT2D eigenvalue weighted by atomic mass is 19.1. The maximum absolute atomic E-state index is 13.7. The molecule has 1 fully saturated rings. The fraction of sp³-hybridized carbons (Fsp3) is 0.625. The molecule has 0 saturated heterocycles. The van der Waals surface area contributed by atoms with Gasteiger partial charge in [0, 0.05) is 18.7 Å². The third-order valence-corrected chi connectivity index (χ3v) is 4.17. The van der Waals surface area contributed by atoms with E-state index in [1.165, 1.54) is 38.2 Å². The van der Waals surface area contributed by atoms with Crippen molar-refractivity contribution < 1.29 is 9.13 Å². The molecule has 1 saturated carbocycles. The zero-order chi connectivity index (χ0) is 14.6. The lowest BCUT2D eigenvalue weighted by molar-refractivity contribution is 0.233. The molecule has 2 rings (SSSR count). The molecule has 3 nitrogen and oxygen atoms in total. The fourth-order valence-corrected chi connectivity index (χ4v) is 2.88. The standard InChI is InChI=1S/C16H25FN2O/c1-3-20-15-10-14(13(18)9-12(15)17)19-11-16(2)7-5-4-6-8-16/h9-10,19H,3-8,11,18H2,1-2H3. The van der Waals surface area contributed by atoms with E-state index in [4.69, 9.17) is 10.5 Å². The lowest BCUT2D eigenvalue weighted by atomic mass is 9.76. The van der Waals surface area contributed by atoms with Crippen LogP contribution in [0.4, 0.5) is 15.8 Å². The summed E-state index contributed by atoms with van der Waals surface area (Å²) in [6.07, 6.45) is 6.39. The highest BCUT2D eigenvalue weighted by molar-refractivity contribution is 5.68. The first kappa shape index (κ1) is 14.9. The number of benzene rings is 1. The smallest absolute Gasteiger partial charge is 0.167 e. The minimum atomic E-state index is -0.404. The number of nitrogens with two attached hydrogens (primary N) is 1. The van der Waals surface area contributed by atoms with Crippen molar-refractivity contribution >= 4 is 11.4 Å². The number of halogens is 1. The topological polar surface area (TPSA) is 47.3 Å². The van der Waals surface area contributed by atoms with Crippen LogP contribution in [0.1, 0.15) is 46.0 Å². The number of nitrogens with one attached hydrogen (secondary N) is 1. The van der Waals surface area contributed by atoms with Crippen molar-refractivity contribution in [3.8, 4) is 5.75 Å². The van der Waals surface area contributed by atoms with E-state index in [1.54, 1.807) is 6.07 Å². The second kappa shape index (κ2) is 6.33.